The Labute approximate surface area is 131 Å². The van der Waals surface area contributed by atoms with Crippen LogP contribution in [0.3, 0.4) is 0 Å². The number of nitrogens with one attached hydrogen (secondary N) is 1. The van der Waals surface area contributed by atoms with Crippen molar-refractivity contribution < 1.29 is 4.79 Å². The van der Waals surface area contributed by atoms with Crippen LogP contribution in [-0.2, 0) is 6.54 Å². The third-order valence-corrected chi connectivity index (χ3v) is 3.66. The topological polar surface area (TPSA) is 55.1 Å². The highest BCUT2D eigenvalue weighted by Crippen LogP contribution is 2.26. The normalized spacial score (nSPS) is 10.3. The largest absolute Gasteiger partial charge is 0.380 e. The number of hydrogen-bond donors (Lipinski definition) is 2. The molecule has 2 aromatic carbocycles. The summed E-state index contributed by atoms with van der Waals surface area (Å²) >= 11 is 18.1. The highest BCUT2D eigenvalue weighted by molar-refractivity contribution is 6.34. The molecule has 0 fully saturated rings. The minimum absolute atomic E-state index is 0.383. The van der Waals surface area contributed by atoms with Gasteiger partial charge in [-0.15, -0.1) is 0 Å². The zero-order chi connectivity index (χ0) is 14.7. The Balaban J connectivity index is 2.20. The number of primary amides is 1. The smallest absolute Gasteiger partial charge is 0.248 e. The van der Waals surface area contributed by atoms with Crippen LogP contribution in [0.2, 0.25) is 15.1 Å². The number of rotatable bonds is 4. The maximum Gasteiger partial charge on any atom is 0.248 e. The zero-order valence-corrected chi connectivity index (χ0v) is 12.6. The van der Waals surface area contributed by atoms with Crippen molar-refractivity contribution in [2.45, 2.75) is 6.54 Å². The van der Waals surface area contributed by atoms with Crippen LogP contribution in [-0.4, -0.2) is 5.91 Å². The van der Waals surface area contributed by atoms with Crippen molar-refractivity contribution in [3.05, 3.63) is 62.6 Å². The highest BCUT2D eigenvalue weighted by atomic mass is 35.5. The van der Waals surface area contributed by atoms with Gasteiger partial charge in [0.05, 0.1) is 10.7 Å². The van der Waals surface area contributed by atoms with Gasteiger partial charge in [0.1, 0.15) is 0 Å². The quantitative estimate of drug-likeness (QED) is 0.875. The van der Waals surface area contributed by atoms with Crippen molar-refractivity contribution in [2.24, 2.45) is 5.73 Å². The van der Waals surface area contributed by atoms with Crippen LogP contribution in [0.5, 0.6) is 0 Å². The van der Waals surface area contributed by atoms with Gasteiger partial charge in [-0.3, -0.25) is 4.79 Å². The van der Waals surface area contributed by atoms with Crippen molar-refractivity contribution in [3.8, 4) is 0 Å². The maximum absolute atomic E-state index is 11.2. The maximum atomic E-state index is 11.2. The Morgan fingerprint density at radius 3 is 2.45 bits per heavy atom. The summed E-state index contributed by atoms with van der Waals surface area (Å²) in [7, 11) is 0. The first kappa shape index (κ1) is 15.0. The number of amides is 1. The molecule has 0 aliphatic rings. The molecule has 0 radical (unpaired) electrons. The minimum Gasteiger partial charge on any atom is -0.380 e. The average Bonchev–Trinajstić information content (AvgIpc) is 2.41. The molecule has 0 spiro atoms. The standard InChI is InChI=1S/C14H11Cl3N2O/c15-10-2-4-11(16)9(5-10)7-19-13-6-8(14(18)20)1-3-12(13)17/h1-6,19H,7H2,(H2,18,20). The van der Waals surface area contributed by atoms with Crippen molar-refractivity contribution in [1.29, 1.82) is 0 Å². The molecular formula is C14H11Cl3N2O. The van der Waals surface area contributed by atoms with Gasteiger partial charge in [0, 0.05) is 22.2 Å². The van der Waals surface area contributed by atoms with Gasteiger partial charge in [-0.05, 0) is 42.0 Å². The second kappa shape index (κ2) is 6.35. The second-order valence-electron chi connectivity index (χ2n) is 4.15. The number of carbonyl (C=O) groups excluding carboxylic acids is 1. The first-order valence-electron chi connectivity index (χ1n) is 5.74. The van der Waals surface area contributed by atoms with E-state index in [4.69, 9.17) is 40.5 Å². The third kappa shape index (κ3) is 3.57. The summed E-state index contributed by atoms with van der Waals surface area (Å²) in [4.78, 5) is 11.2. The summed E-state index contributed by atoms with van der Waals surface area (Å²) in [6.07, 6.45) is 0. The van der Waals surface area contributed by atoms with Crippen molar-refractivity contribution in [3.63, 3.8) is 0 Å². The number of nitrogens with two attached hydrogens (primary N) is 1. The number of anilines is 1. The summed E-state index contributed by atoms with van der Waals surface area (Å²) in [6, 6.07) is 9.99. The summed E-state index contributed by atoms with van der Waals surface area (Å²) in [5, 5.41) is 4.80. The third-order valence-electron chi connectivity index (χ3n) is 2.73. The minimum atomic E-state index is -0.509. The SMILES string of the molecule is NC(=O)c1ccc(Cl)c(NCc2cc(Cl)ccc2Cl)c1. The molecule has 0 aliphatic carbocycles. The first-order valence-corrected chi connectivity index (χ1v) is 6.88. The van der Waals surface area contributed by atoms with Gasteiger partial charge >= 0.3 is 0 Å². The monoisotopic (exact) mass is 328 g/mol. The van der Waals surface area contributed by atoms with Gasteiger partial charge in [0.25, 0.3) is 0 Å². The number of halogens is 3. The fourth-order valence-corrected chi connectivity index (χ4v) is 2.25. The molecule has 104 valence electrons. The molecule has 3 N–H and O–H groups in total. The van der Waals surface area contributed by atoms with Crippen LogP contribution in [0.4, 0.5) is 5.69 Å². The molecule has 3 nitrogen and oxygen atoms in total. The molecule has 0 unspecified atom stereocenters. The van der Waals surface area contributed by atoms with Crippen molar-refractivity contribution >= 4 is 46.4 Å². The van der Waals surface area contributed by atoms with Gasteiger partial charge in [0.2, 0.25) is 5.91 Å². The molecule has 0 aromatic heterocycles. The molecule has 0 saturated carbocycles. The molecule has 0 bridgehead atoms. The van der Waals surface area contributed by atoms with E-state index < -0.39 is 5.91 Å². The van der Waals surface area contributed by atoms with Crippen molar-refractivity contribution in [2.75, 3.05) is 5.32 Å². The molecule has 2 aromatic rings. The molecule has 2 rings (SSSR count). The fourth-order valence-electron chi connectivity index (χ4n) is 1.68. The first-order chi connectivity index (χ1) is 9.47. The Bertz CT molecular complexity index is 659. The lowest BCUT2D eigenvalue weighted by molar-refractivity contribution is 0.100. The van der Waals surface area contributed by atoms with Gasteiger partial charge in [-0.25, -0.2) is 0 Å². The molecule has 0 heterocycles. The Morgan fingerprint density at radius 2 is 1.75 bits per heavy atom. The van der Waals surface area contributed by atoms with Gasteiger partial charge in [-0.2, -0.15) is 0 Å². The van der Waals surface area contributed by atoms with Gasteiger partial charge < -0.3 is 11.1 Å². The molecule has 0 saturated heterocycles. The lowest BCUT2D eigenvalue weighted by Gasteiger charge is -2.11. The molecular weight excluding hydrogens is 319 g/mol. The number of carbonyl (C=O) groups is 1. The molecule has 1 amide bonds. The Hall–Kier alpha value is -1.42. The van der Waals surface area contributed by atoms with E-state index in [0.717, 1.165) is 5.56 Å². The van der Waals surface area contributed by atoms with Crippen molar-refractivity contribution in [1.82, 2.24) is 0 Å². The predicted molar refractivity (Wildman–Crippen MR) is 83.8 cm³/mol. The molecule has 20 heavy (non-hydrogen) atoms. The van der Waals surface area contributed by atoms with E-state index >= 15 is 0 Å². The van der Waals surface area contributed by atoms with Crippen LogP contribution in [0.25, 0.3) is 0 Å². The van der Waals surface area contributed by atoms with Crippen LogP contribution in [0.15, 0.2) is 36.4 Å². The van der Waals surface area contributed by atoms with Crippen LogP contribution in [0, 0.1) is 0 Å². The van der Waals surface area contributed by atoms with Gasteiger partial charge in [-0.1, -0.05) is 34.8 Å². The molecule has 6 heteroatoms. The second-order valence-corrected chi connectivity index (χ2v) is 5.40. The number of hydrogen-bond acceptors (Lipinski definition) is 2. The average molecular weight is 330 g/mol. The molecule has 0 aliphatic heterocycles. The summed E-state index contributed by atoms with van der Waals surface area (Å²) in [5.41, 5.74) is 7.06. The van der Waals surface area contributed by atoms with Crippen LogP contribution in [0.1, 0.15) is 15.9 Å². The number of benzene rings is 2. The van der Waals surface area contributed by atoms with E-state index in [-0.39, 0.29) is 0 Å². The lowest BCUT2D eigenvalue weighted by Crippen LogP contribution is -2.11. The summed E-state index contributed by atoms with van der Waals surface area (Å²) in [6.45, 7) is 0.432. The van der Waals surface area contributed by atoms with E-state index in [9.17, 15) is 4.79 Å². The van der Waals surface area contributed by atoms with Gasteiger partial charge in [0.15, 0.2) is 0 Å². The molecule has 0 atom stereocenters. The van der Waals surface area contributed by atoms with E-state index in [1.54, 1.807) is 36.4 Å². The predicted octanol–water partition coefficient (Wildman–Crippen LogP) is 4.36. The van der Waals surface area contributed by atoms with E-state index in [0.29, 0.717) is 32.9 Å². The Kier molecular flexibility index (Phi) is 4.76. The van der Waals surface area contributed by atoms with E-state index in [2.05, 4.69) is 5.32 Å². The lowest BCUT2D eigenvalue weighted by atomic mass is 10.1. The summed E-state index contributed by atoms with van der Waals surface area (Å²) in [5.74, 6) is -0.509. The zero-order valence-electron chi connectivity index (χ0n) is 10.3. The van der Waals surface area contributed by atoms with E-state index in [1.165, 1.54) is 0 Å². The van der Waals surface area contributed by atoms with E-state index in [1.807, 2.05) is 0 Å². The van der Waals surface area contributed by atoms with Crippen LogP contribution < -0.4 is 11.1 Å². The van der Waals surface area contributed by atoms with Crippen LogP contribution >= 0.6 is 34.8 Å². The fraction of sp³-hybridized carbons (Fsp3) is 0.0714. The Morgan fingerprint density at radius 1 is 1.05 bits per heavy atom. The summed E-state index contributed by atoms with van der Waals surface area (Å²) < 4.78 is 0. The highest BCUT2D eigenvalue weighted by Gasteiger charge is 2.07.